The van der Waals surface area contributed by atoms with Crippen LogP contribution in [0, 0.1) is 0 Å². The Morgan fingerprint density at radius 1 is 0.786 bits per heavy atom. The van der Waals surface area contributed by atoms with Crippen LogP contribution in [0.25, 0.3) is 33.1 Å². The molecule has 1 saturated heterocycles. The molecule has 5 rings (SSSR count). The molecular formula is C24H23BO3. The van der Waals surface area contributed by atoms with E-state index in [-0.39, 0.29) is 35.2 Å². The zero-order valence-electron chi connectivity index (χ0n) is 20.3. The molecule has 1 aromatic heterocycles. The van der Waals surface area contributed by atoms with Gasteiger partial charge in [0.05, 0.1) is 16.7 Å². The summed E-state index contributed by atoms with van der Waals surface area (Å²) in [5.41, 5.74) is 0.774. The average Bonchev–Trinajstić information content (AvgIpc) is 3.21. The van der Waals surface area contributed by atoms with E-state index < -0.39 is 18.3 Å². The van der Waals surface area contributed by atoms with Crippen molar-refractivity contribution in [3.05, 3.63) is 66.6 Å². The molecule has 0 aliphatic carbocycles. The van der Waals surface area contributed by atoms with Gasteiger partial charge in [-0.25, -0.2) is 0 Å². The predicted octanol–water partition coefficient (Wildman–Crippen LogP) is 5.55. The van der Waals surface area contributed by atoms with E-state index >= 15 is 0 Å². The number of benzene rings is 3. The number of fused-ring (bicyclic) bond motifs is 3. The fourth-order valence-electron chi connectivity index (χ4n) is 3.48. The first-order valence-corrected chi connectivity index (χ1v) is 9.40. The van der Waals surface area contributed by atoms with Crippen LogP contribution >= 0.6 is 0 Å². The molecule has 3 aromatic carbocycles. The summed E-state index contributed by atoms with van der Waals surface area (Å²) in [4.78, 5) is 0. The molecule has 1 fully saturated rings. The van der Waals surface area contributed by atoms with Crippen LogP contribution in [-0.2, 0) is 9.31 Å². The first kappa shape index (κ1) is 13.6. The van der Waals surface area contributed by atoms with E-state index in [0.717, 1.165) is 10.8 Å². The topological polar surface area (TPSA) is 31.6 Å². The van der Waals surface area contributed by atoms with Gasteiger partial charge in [-0.2, -0.15) is 0 Å². The first-order valence-electron chi connectivity index (χ1n) is 11.4. The van der Waals surface area contributed by atoms with Crippen molar-refractivity contribution in [1.82, 2.24) is 0 Å². The van der Waals surface area contributed by atoms with Gasteiger partial charge in [0.15, 0.2) is 0 Å². The summed E-state index contributed by atoms with van der Waals surface area (Å²) < 4.78 is 53.0. The van der Waals surface area contributed by atoms with Gasteiger partial charge < -0.3 is 13.7 Å². The second-order valence-electron chi connectivity index (χ2n) is 8.16. The summed E-state index contributed by atoms with van der Waals surface area (Å²) in [5.74, 6) is 0. The van der Waals surface area contributed by atoms with Crippen molar-refractivity contribution in [2.24, 2.45) is 0 Å². The molecule has 0 atom stereocenters. The van der Waals surface area contributed by atoms with Crippen molar-refractivity contribution >= 4 is 34.5 Å². The Morgan fingerprint density at radius 2 is 1.43 bits per heavy atom. The number of furan rings is 1. The number of rotatable bonds is 2. The summed E-state index contributed by atoms with van der Waals surface area (Å²) in [7, 11) is -0.982. The number of hydrogen-bond donors (Lipinski definition) is 0. The molecule has 1 aliphatic heterocycles. The molecule has 28 heavy (non-hydrogen) atoms. The van der Waals surface area contributed by atoms with E-state index in [1.54, 1.807) is 6.07 Å². The largest absolute Gasteiger partial charge is 0.494 e. The zero-order chi connectivity index (χ0) is 23.0. The monoisotopic (exact) mass is 374 g/mol. The minimum Gasteiger partial charge on any atom is -0.455 e. The van der Waals surface area contributed by atoms with Crippen molar-refractivity contribution in [2.75, 3.05) is 0 Å². The second kappa shape index (κ2) is 5.97. The fourth-order valence-corrected chi connectivity index (χ4v) is 3.48. The lowest BCUT2D eigenvalue weighted by Crippen LogP contribution is -2.41. The van der Waals surface area contributed by atoms with Gasteiger partial charge >= 0.3 is 7.12 Å². The SMILES string of the molecule is [2H]c1c([2H])c(-c2cccc3c2oc2ccccc23)c([2H])c([2H])c1B1OC(C)(C)C(C)(C)O1. The smallest absolute Gasteiger partial charge is 0.455 e. The molecule has 0 unspecified atom stereocenters. The van der Waals surface area contributed by atoms with E-state index in [4.69, 9.17) is 19.2 Å². The Balaban J connectivity index is 1.73. The highest BCUT2D eigenvalue weighted by Gasteiger charge is 2.51. The molecule has 140 valence electrons. The third kappa shape index (κ3) is 2.60. The Kier molecular flexibility index (Phi) is 2.90. The third-order valence-corrected chi connectivity index (χ3v) is 5.81. The van der Waals surface area contributed by atoms with Crippen LogP contribution in [0.4, 0.5) is 0 Å². The van der Waals surface area contributed by atoms with Gasteiger partial charge in [-0.3, -0.25) is 0 Å². The zero-order valence-corrected chi connectivity index (χ0v) is 16.3. The minimum absolute atomic E-state index is 0.110. The summed E-state index contributed by atoms with van der Waals surface area (Å²) >= 11 is 0. The fraction of sp³-hybridized carbons (Fsp3) is 0.250. The van der Waals surface area contributed by atoms with Crippen molar-refractivity contribution in [1.29, 1.82) is 0 Å². The van der Waals surface area contributed by atoms with Crippen molar-refractivity contribution < 1.29 is 19.2 Å². The molecule has 0 saturated carbocycles. The van der Waals surface area contributed by atoms with Crippen LogP contribution in [0.2, 0.25) is 0 Å². The van der Waals surface area contributed by atoms with Crippen LogP contribution in [0.5, 0.6) is 0 Å². The van der Waals surface area contributed by atoms with Crippen molar-refractivity contribution in [3.8, 4) is 11.1 Å². The van der Waals surface area contributed by atoms with E-state index in [0.29, 0.717) is 16.7 Å². The van der Waals surface area contributed by atoms with Crippen molar-refractivity contribution in [3.63, 3.8) is 0 Å². The Hall–Kier alpha value is -2.56. The van der Waals surface area contributed by atoms with Crippen LogP contribution < -0.4 is 5.46 Å². The van der Waals surface area contributed by atoms with Crippen LogP contribution in [-0.4, -0.2) is 18.3 Å². The third-order valence-electron chi connectivity index (χ3n) is 5.81. The highest BCUT2D eigenvalue weighted by atomic mass is 16.7. The molecule has 0 radical (unpaired) electrons. The quantitative estimate of drug-likeness (QED) is 0.431. The minimum atomic E-state index is -0.982. The van der Waals surface area contributed by atoms with Gasteiger partial charge in [-0.05, 0) is 44.8 Å². The molecule has 2 heterocycles. The summed E-state index contributed by atoms with van der Waals surface area (Å²) in [6.45, 7) is 7.56. The van der Waals surface area contributed by atoms with Gasteiger partial charge in [-0.15, -0.1) is 0 Å². The lowest BCUT2D eigenvalue weighted by molar-refractivity contribution is 0.00578. The lowest BCUT2D eigenvalue weighted by Gasteiger charge is -2.32. The molecule has 0 amide bonds. The van der Waals surface area contributed by atoms with E-state index in [2.05, 4.69) is 0 Å². The van der Waals surface area contributed by atoms with Crippen LogP contribution in [0.3, 0.4) is 0 Å². The summed E-state index contributed by atoms with van der Waals surface area (Å²) in [6, 6.07) is 12.5. The number of hydrogen-bond acceptors (Lipinski definition) is 3. The normalized spacial score (nSPS) is 20.2. The molecule has 0 spiro atoms. The molecule has 0 bridgehead atoms. The Morgan fingerprint density at radius 3 is 2.14 bits per heavy atom. The highest BCUT2D eigenvalue weighted by molar-refractivity contribution is 6.62. The standard InChI is InChI=1S/C24H23BO3/c1-23(2)24(3,4)28-25(27-23)17-14-12-16(13-15-17)18-9-7-10-20-19-8-5-6-11-21(19)26-22(18)20/h5-15H,1-4H3/i12D,13D,14D,15D. The molecular weight excluding hydrogens is 347 g/mol. The number of para-hydroxylation sites is 2. The van der Waals surface area contributed by atoms with E-state index in [1.165, 1.54) is 0 Å². The maximum atomic E-state index is 8.74. The summed E-state index contributed by atoms with van der Waals surface area (Å²) in [5, 5.41) is 1.80. The Labute approximate surface area is 171 Å². The van der Waals surface area contributed by atoms with Gasteiger partial charge in [-0.1, -0.05) is 60.6 Å². The summed E-state index contributed by atoms with van der Waals surface area (Å²) in [6.07, 6.45) is 0. The maximum absolute atomic E-state index is 8.74. The van der Waals surface area contributed by atoms with Gasteiger partial charge in [0.25, 0.3) is 0 Å². The lowest BCUT2D eigenvalue weighted by atomic mass is 9.78. The van der Waals surface area contributed by atoms with Gasteiger partial charge in [0, 0.05) is 16.3 Å². The van der Waals surface area contributed by atoms with Gasteiger partial charge in [0.1, 0.15) is 11.2 Å². The average molecular weight is 374 g/mol. The molecule has 3 nitrogen and oxygen atoms in total. The molecule has 4 heteroatoms. The predicted molar refractivity (Wildman–Crippen MR) is 115 cm³/mol. The van der Waals surface area contributed by atoms with E-state index in [9.17, 15) is 0 Å². The molecule has 1 aliphatic rings. The van der Waals surface area contributed by atoms with E-state index in [1.807, 2.05) is 64.1 Å². The Bertz CT molecular complexity index is 1350. The first-order chi connectivity index (χ1) is 15.0. The molecule has 4 aromatic rings. The second-order valence-corrected chi connectivity index (χ2v) is 8.16. The highest BCUT2D eigenvalue weighted by Crippen LogP contribution is 2.37. The molecule has 0 N–H and O–H groups in total. The van der Waals surface area contributed by atoms with Crippen LogP contribution in [0.15, 0.2) is 71.1 Å². The van der Waals surface area contributed by atoms with Crippen molar-refractivity contribution in [2.45, 2.75) is 38.9 Å². The van der Waals surface area contributed by atoms with Gasteiger partial charge in [0.2, 0.25) is 0 Å². The maximum Gasteiger partial charge on any atom is 0.494 e. The van der Waals surface area contributed by atoms with Crippen LogP contribution in [0.1, 0.15) is 33.2 Å².